The average molecular weight is 685 g/mol. The van der Waals surface area contributed by atoms with Crippen molar-refractivity contribution in [2.24, 2.45) is 5.92 Å². The van der Waals surface area contributed by atoms with E-state index in [1.807, 2.05) is 68.4 Å². The summed E-state index contributed by atoms with van der Waals surface area (Å²) in [6.45, 7) is 9.36. The Kier molecular flexibility index (Phi) is 15.2. The third-order valence-electron chi connectivity index (χ3n) is 8.58. The Morgan fingerprint density at radius 1 is 0.918 bits per heavy atom. The van der Waals surface area contributed by atoms with Crippen molar-refractivity contribution in [3.8, 4) is 0 Å². The zero-order chi connectivity index (χ0) is 36.1. The van der Waals surface area contributed by atoms with Crippen molar-refractivity contribution in [3.63, 3.8) is 0 Å². The van der Waals surface area contributed by atoms with Crippen molar-refractivity contribution < 1.29 is 42.5 Å². The molecule has 2 aromatic rings. The first-order valence-corrected chi connectivity index (χ1v) is 17.1. The van der Waals surface area contributed by atoms with Gasteiger partial charge in [-0.2, -0.15) is 0 Å². The van der Waals surface area contributed by atoms with Crippen LogP contribution in [0.2, 0.25) is 0 Å². The second-order valence-corrected chi connectivity index (χ2v) is 13.8. The summed E-state index contributed by atoms with van der Waals surface area (Å²) in [7, 11) is 2.97. The summed E-state index contributed by atoms with van der Waals surface area (Å²) in [6, 6.07) is 14.9. The molecular weight excluding hydrogens is 631 g/mol. The van der Waals surface area contributed by atoms with Crippen LogP contribution in [0, 0.1) is 5.92 Å². The van der Waals surface area contributed by atoms with Gasteiger partial charge in [0.25, 0.3) is 5.91 Å². The number of hydrogen-bond acceptors (Lipinski definition) is 9. The summed E-state index contributed by atoms with van der Waals surface area (Å²) in [5, 5.41) is 2.79. The number of esters is 3. The first-order chi connectivity index (χ1) is 23.2. The Hall–Kier alpha value is -3.83. The quantitative estimate of drug-likeness (QED) is 0.175. The van der Waals surface area contributed by atoms with Crippen LogP contribution >= 0.6 is 0 Å². The van der Waals surface area contributed by atoms with Gasteiger partial charge in [0.05, 0.1) is 0 Å². The Bertz CT molecular complexity index is 1360. The van der Waals surface area contributed by atoms with E-state index in [0.29, 0.717) is 19.1 Å². The van der Waals surface area contributed by atoms with Crippen molar-refractivity contribution in [1.29, 1.82) is 0 Å². The van der Waals surface area contributed by atoms with Crippen LogP contribution in [-0.4, -0.2) is 86.0 Å². The van der Waals surface area contributed by atoms with Crippen molar-refractivity contribution >= 4 is 23.8 Å². The molecular formula is C38H53FN2O8. The number of nitrogens with zero attached hydrogens (tertiary/aromatic N) is 1. The number of nitrogens with one attached hydrogen (secondary N) is 1. The average Bonchev–Trinajstić information content (AvgIpc) is 3.08. The number of benzene rings is 2. The maximum absolute atomic E-state index is 14.5. The first-order valence-electron chi connectivity index (χ1n) is 17.1. The van der Waals surface area contributed by atoms with Crippen LogP contribution in [-0.2, 0) is 51.2 Å². The third-order valence-corrected chi connectivity index (χ3v) is 8.58. The van der Waals surface area contributed by atoms with Gasteiger partial charge in [0, 0.05) is 33.1 Å². The number of carbonyl (C=O) groups excluding carboxylic acids is 4. The molecule has 1 unspecified atom stereocenters. The van der Waals surface area contributed by atoms with Gasteiger partial charge in [0.1, 0.15) is 24.4 Å². The molecule has 1 aliphatic rings. The molecule has 0 aliphatic carbocycles. The number of halogens is 1. The van der Waals surface area contributed by atoms with Gasteiger partial charge < -0.3 is 29.2 Å². The van der Waals surface area contributed by atoms with Crippen molar-refractivity contribution in [1.82, 2.24) is 10.2 Å². The highest BCUT2D eigenvalue weighted by molar-refractivity contribution is 5.90. The van der Waals surface area contributed by atoms with E-state index in [1.165, 1.54) is 45.3 Å². The molecule has 1 heterocycles. The van der Waals surface area contributed by atoms with E-state index < -0.39 is 53.8 Å². The van der Waals surface area contributed by atoms with Crippen LogP contribution in [0.3, 0.4) is 0 Å². The molecule has 1 fully saturated rings. The summed E-state index contributed by atoms with van der Waals surface area (Å²) in [4.78, 5) is 54.9. The Morgan fingerprint density at radius 3 is 2.12 bits per heavy atom. The van der Waals surface area contributed by atoms with Gasteiger partial charge in [-0.1, -0.05) is 68.4 Å². The van der Waals surface area contributed by atoms with Gasteiger partial charge in [0.15, 0.2) is 12.2 Å². The molecule has 270 valence electrons. The van der Waals surface area contributed by atoms with Gasteiger partial charge in [-0.25, -0.2) is 14.0 Å². The van der Waals surface area contributed by atoms with E-state index in [2.05, 4.69) is 5.32 Å². The molecule has 1 saturated heterocycles. The highest BCUT2D eigenvalue weighted by Crippen LogP contribution is 2.27. The monoisotopic (exact) mass is 684 g/mol. The lowest BCUT2D eigenvalue weighted by Gasteiger charge is -2.32. The number of ether oxygens (including phenoxy) is 4. The highest BCUT2D eigenvalue weighted by Gasteiger charge is 2.38. The fourth-order valence-electron chi connectivity index (χ4n) is 5.75. The lowest BCUT2D eigenvalue weighted by atomic mass is 9.90. The number of rotatable bonds is 17. The molecule has 0 saturated carbocycles. The summed E-state index contributed by atoms with van der Waals surface area (Å²) in [6.07, 6.45) is -0.601. The molecule has 49 heavy (non-hydrogen) atoms. The van der Waals surface area contributed by atoms with Crippen molar-refractivity contribution in [2.45, 2.75) is 109 Å². The molecule has 0 radical (unpaired) electrons. The lowest BCUT2D eigenvalue weighted by molar-refractivity contribution is -0.174. The van der Waals surface area contributed by atoms with Crippen molar-refractivity contribution in [3.05, 3.63) is 71.3 Å². The van der Waals surface area contributed by atoms with Gasteiger partial charge in [-0.05, 0) is 75.6 Å². The minimum Gasteiger partial charge on any atom is -0.458 e. The second kappa shape index (κ2) is 18.8. The van der Waals surface area contributed by atoms with Crippen LogP contribution < -0.4 is 5.32 Å². The number of alkyl halides is 1. The summed E-state index contributed by atoms with van der Waals surface area (Å²) < 4.78 is 36.7. The minimum absolute atomic E-state index is 0.0195. The molecule has 1 amide bonds. The van der Waals surface area contributed by atoms with Crippen molar-refractivity contribution in [2.75, 3.05) is 27.3 Å². The third kappa shape index (κ3) is 12.9. The molecule has 0 aromatic heterocycles. The summed E-state index contributed by atoms with van der Waals surface area (Å²) in [5.74, 6) is -2.57. The predicted octanol–water partition coefficient (Wildman–Crippen LogP) is 5.31. The number of hydrogen-bond donors (Lipinski definition) is 1. The van der Waals surface area contributed by atoms with Crippen LogP contribution in [0.15, 0.2) is 54.6 Å². The topological polar surface area (TPSA) is 120 Å². The molecule has 11 heteroatoms. The molecule has 0 bridgehead atoms. The van der Waals surface area contributed by atoms with E-state index >= 15 is 0 Å². The molecule has 1 aliphatic heterocycles. The normalized spacial score (nSPS) is 16.3. The van der Waals surface area contributed by atoms with Gasteiger partial charge in [0.2, 0.25) is 0 Å². The van der Waals surface area contributed by atoms with E-state index in [-0.39, 0.29) is 31.8 Å². The molecule has 0 spiro atoms. The lowest BCUT2D eigenvalue weighted by Crippen LogP contribution is -2.51. The second-order valence-electron chi connectivity index (χ2n) is 13.8. The van der Waals surface area contributed by atoms with Gasteiger partial charge in [-0.15, -0.1) is 0 Å². The van der Waals surface area contributed by atoms with Gasteiger partial charge >= 0.3 is 17.9 Å². The Labute approximate surface area is 290 Å². The fourth-order valence-corrected chi connectivity index (χ4v) is 5.75. The van der Waals surface area contributed by atoms with Crippen LogP contribution in [0.5, 0.6) is 0 Å². The highest BCUT2D eigenvalue weighted by atomic mass is 19.1. The minimum atomic E-state index is -1.67. The molecule has 2 aromatic carbocycles. The molecule has 3 rings (SSSR count). The van der Waals surface area contributed by atoms with E-state index in [1.54, 1.807) is 0 Å². The maximum Gasteiger partial charge on any atom is 0.347 e. The molecule has 4 atom stereocenters. The fraction of sp³-hybridized carbons (Fsp3) is 0.579. The van der Waals surface area contributed by atoms with Gasteiger partial charge in [-0.3, -0.25) is 9.59 Å². The Balaban J connectivity index is 1.80. The Morgan fingerprint density at radius 2 is 1.55 bits per heavy atom. The standard InChI is InChI=1S/C38H53FN2O8/c1-25(2)21-32(37(45)48-26(3)35(43)47-24-28-11-9-8-10-12-28)41(7)34(42)33(49-36(44)31(40-6)23-38(4,5)39)22-27-13-15-29(16-14-27)30-17-19-46-20-18-30/h8-16,25-26,30-33,40H,17-24H2,1-7H3/t26-,31+,32+,33?/m1/s1. The number of amides is 1. The number of likely N-dealkylation sites (N-methyl/N-ethyl adjacent to an activating group) is 2. The predicted molar refractivity (Wildman–Crippen MR) is 183 cm³/mol. The molecule has 10 nitrogen and oxygen atoms in total. The number of carbonyl (C=O) groups is 4. The van der Waals surface area contributed by atoms with E-state index in [9.17, 15) is 23.6 Å². The zero-order valence-corrected chi connectivity index (χ0v) is 29.9. The van der Waals surface area contributed by atoms with E-state index in [4.69, 9.17) is 18.9 Å². The van der Waals surface area contributed by atoms with Crippen LogP contribution in [0.1, 0.15) is 82.9 Å². The smallest absolute Gasteiger partial charge is 0.347 e. The maximum atomic E-state index is 14.5. The SMILES string of the molecule is CN[C@@H](CC(C)(C)F)C(=O)OC(Cc1ccc(C2CCOCC2)cc1)C(=O)N(C)[C@@H](CC(C)C)C(=O)O[C@H](C)C(=O)OCc1ccccc1. The molecule has 1 N–H and O–H groups in total. The van der Waals surface area contributed by atoms with Crippen LogP contribution in [0.25, 0.3) is 0 Å². The largest absolute Gasteiger partial charge is 0.458 e. The van der Waals surface area contributed by atoms with E-state index in [0.717, 1.165) is 24.0 Å². The summed E-state index contributed by atoms with van der Waals surface area (Å²) in [5.41, 5.74) is 1.03. The zero-order valence-electron chi connectivity index (χ0n) is 29.9. The summed E-state index contributed by atoms with van der Waals surface area (Å²) >= 11 is 0. The first kappa shape index (κ1) is 39.6. The van der Waals surface area contributed by atoms with Crippen LogP contribution in [0.4, 0.5) is 4.39 Å².